The molecule has 0 unspecified atom stereocenters. The summed E-state index contributed by atoms with van der Waals surface area (Å²) >= 11 is 0. The van der Waals surface area contributed by atoms with E-state index >= 15 is 0 Å². The van der Waals surface area contributed by atoms with Gasteiger partial charge in [-0.05, 0) is 43.7 Å². The van der Waals surface area contributed by atoms with E-state index in [0.29, 0.717) is 5.39 Å². The van der Waals surface area contributed by atoms with Gasteiger partial charge in [-0.3, -0.25) is 19.1 Å². The van der Waals surface area contributed by atoms with Gasteiger partial charge in [0.25, 0.3) is 11.1 Å². The van der Waals surface area contributed by atoms with Crippen molar-refractivity contribution in [1.29, 1.82) is 0 Å². The molecule has 4 rings (SSSR count). The Balaban J connectivity index is 1.46. The summed E-state index contributed by atoms with van der Waals surface area (Å²) in [5, 5.41) is 0.661. The Labute approximate surface area is 169 Å². The van der Waals surface area contributed by atoms with Crippen molar-refractivity contribution in [3.05, 3.63) is 69.1 Å². The molecule has 0 saturated carbocycles. The number of hydrogen-bond donors (Lipinski definition) is 0. The molecule has 1 saturated heterocycles. The Bertz CT molecular complexity index is 1140. The summed E-state index contributed by atoms with van der Waals surface area (Å²) in [6.07, 6.45) is 3.46. The second-order valence-electron chi connectivity index (χ2n) is 8.00. The van der Waals surface area contributed by atoms with Gasteiger partial charge in [0, 0.05) is 63.8 Å². The maximum atomic E-state index is 12.6. The lowest BCUT2D eigenvalue weighted by molar-refractivity contribution is 0.249. The van der Waals surface area contributed by atoms with Gasteiger partial charge in [-0.2, -0.15) is 0 Å². The Hall–Kier alpha value is -2.93. The summed E-state index contributed by atoms with van der Waals surface area (Å²) in [4.78, 5) is 33.6. The van der Waals surface area contributed by atoms with Crippen LogP contribution in [0.5, 0.6) is 0 Å². The van der Waals surface area contributed by atoms with E-state index in [1.165, 1.54) is 0 Å². The lowest BCUT2D eigenvalue weighted by Crippen LogP contribution is -2.46. The standard InChI is InChI=1S/C22H27N5O2/c1-16(2)27-15-23-20-13-18(4-5-19(20)22(27)29)26-10-8-25(9-11-26)14-17-6-7-24(3)21(28)12-17/h4-7,12-13,15-16H,8-11,14H2,1-3H3. The summed E-state index contributed by atoms with van der Waals surface area (Å²) in [6.45, 7) is 8.41. The highest BCUT2D eigenvalue weighted by Gasteiger charge is 2.18. The molecule has 0 aliphatic carbocycles. The quantitative estimate of drug-likeness (QED) is 0.678. The van der Waals surface area contributed by atoms with Crippen LogP contribution >= 0.6 is 0 Å². The van der Waals surface area contributed by atoms with Gasteiger partial charge < -0.3 is 9.47 Å². The van der Waals surface area contributed by atoms with Crippen LogP contribution in [0.25, 0.3) is 10.9 Å². The Kier molecular flexibility index (Phi) is 5.24. The van der Waals surface area contributed by atoms with Crippen molar-refractivity contribution >= 4 is 16.6 Å². The molecule has 1 aliphatic rings. The van der Waals surface area contributed by atoms with E-state index in [1.807, 2.05) is 44.3 Å². The zero-order valence-electron chi connectivity index (χ0n) is 17.2. The summed E-state index contributed by atoms with van der Waals surface area (Å²) < 4.78 is 3.25. The first-order chi connectivity index (χ1) is 13.9. The average Bonchev–Trinajstić information content (AvgIpc) is 2.71. The fraction of sp³-hybridized carbons (Fsp3) is 0.409. The molecule has 3 heterocycles. The summed E-state index contributed by atoms with van der Waals surface area (Å²) in [6, 6.07) is 9.74. The minimum atomic E-state index is 0.00960. The SMILES string of the molecule is CC(C)n1cnc2cc(N3CCN(Cc4ccn(C)c(=O)c4)CC3)ccc2c1=O. The highest BCUT2D eigenvalue weighted by atomic mass is 16.1. The van der Waals surface area contributed by atoms with E-state index in [9.17, 15) is 9.59 Å². The van der Waals surface area contributed by atoms with Crippen molar-refractivity contribution in [3.8, 4) is 0 Å². The number of pyridine rings is 1. The van der Waals surface area contributed by atoms with E-state index in [2.05, 4.69) is 14.8 Å². The fourth-order valence-electron chi connectivity index (χ4n) is 3.80. The van der Waals surface area contributed by atoms with Crippen LogP contribution in [0.3, 0.4) is 0 Å². The summed E-state index contributed by atoms with van der Waals surface area (Å²) in [5.74, 6) is 0. The van der Waals surface area contributed by atoms with Crippen molar-refractivity contribution in [3.63, 3.8) is 0 Å². The molecule has 7 nitrogen and oxygen atoms in total. The predicted molar refractivity (Wildman–Crippen MR) is 116 cm³/mol. The largest absolute Gasteiger partial charge is 0.369 e. The molecule has 0 radical (unpaired) electrons. The van der Waals surface area contributed by atoms with Gasteiger partial charge in [0.05, 0.1) is 17.2 Å². The van der Waals surface area contributed by atoms with Crippen molar-refractivity contribution in [2.75, 3.05) is 31.1 Å². The van der Waals surface area contributed by atoms with Crippen molar-refractivity contribution < 1.29 is 0 Å². The number of anilines is 1. The predicted octanol–water partition coefficient (Wildman–Crippen LogP) is 2.00. The minimum Gasteiger partial charge on any atom is -0.369 e. The van der Waals surface area contributed by atoms with Crippen LogP contribution in [-0.2, 0) is 13.6 Å². The smallest absolute Gasteiger partial charge is 0.261 e. The molecule has 1 fully saturated rings. The molecule has 0 spiro atoms. The fourth-order valence-corrected chi connectivity index (χ4v) is 3.80. The van der Waals surface area contributed by atoms with Crippen LogP contribution in [0.15, 0.2) is 52.4 Å². The number of aryl methyl sites for hydroxylation is 1. The molecule has 7 heteroatoms. The molecule has 0 atom stereocenters. The van der Waals surface area contributed by atoms with Crippen molar-refractivity contribution in [1.82, 2.24) is 19.0 Å². The zero-order chi connectivity index (χ0) is 20.5. The lowest BCUT2D eigenvalue weighted by atomic mass is 10.1. The third-order valence-corrected chi connectivity index (χ3v) is 5.64. The maximum Gasteiger partial charge on any atom is 0.261 e. The average molecular weight is 393 g/mol. The molecule has 1 aliphatic heterocycles. The first-order valence-corrected chi connectivity index (χ1v) is 10.1. The van der Waals surface area contributed by atoms with E-state index < -0.39 is 0 Å². The van der Waals surface area contributed by atoms with Crippen LogP contribution in [-0.4, -0.2) is 45.2 Å². The summed E-state index contributed by atoms with van der Waals surface area (Å²) in [5.41, 5.74) is 2.93. The minimum absolute atomic E-state index is 0.00960. The van der Waals surface area contributed by atoms with E-state index in [0.717, 1.165) is 49.5 Å². The van der Waals surface area contributed by atoms with Crippen LogP contribution in [0.2, 0.25) is 0 Å². The highest BCUT2D eigenvalue weighted by Crippen LogP contribution is 2.21. The molecule has 2 aromatic heterocycles. The van der Waals surface area contributed by atoms with Crippen molar-refractivity contribution in [2.45, 2.75) is 26.4 Å². The van der Waals surface area contributed by atoms with Crippen LogP contribution < -0.4 is 16.0 Å². The molecular weight excluding hydrogens is 366 g/mol. The zero-order valence-corrected chi connectivity index (χ0v) is 17.2. The van der Waals surface area contributed by atoms with Gasteiger partial charge in [0.1, 0.15) is 0 Å². The molecular formula is C22H27N5O2. The molecule has 152 valence electrons. The van der Waals surface area contributed by atoms with Gasteiger partial charge in [0.2, 0.25) is 0 Å². The van der Waals surface area contributed by atoms with Crippen LogP contribution in [0.1, 0.15) is 25.5 Å². The molecule has 0 bridgehead atoms. The van der Waals surface area contributed by atoms with Gasteiger partial charge in [-0.25, -0.2) is 4.98 Å². The summed E-state index contributed by atoms with van der Waals surface area (Å²) in [7, 11) is 1.77. The van der Waals surface area contributed by atoms with E-state index in [4.69, 9.17) is 0 Å². The second kappa shape index (κ2) is 7.83. The van der Waals surface area contributed by atoms with Crippen LogP contribution in [0, 0.1) is 0 Å². The number of aromatic nitrogens is 3. The number of benzene rings is 1. The molecule has 3 aromatic rings. The number of rotatable bonds is 4. The third-order valence-electron chi connectivity index (χ3n) is 5.64. The Morgan fingerprint density at radius 2 is 1.79 bits per heavy atom. The van der Waals surface area contributed by atoms with Gasteiger partial charge >= 0.3 is 0 Å². The molecule has 1 aromatic carbocycles. The number of piperazine rings is 1. The first kappa shape index (κ1) is 19.4. The topological polar surface area (TPSA) is 63.4 Å². The monoisotopic (exact) mass is 393 g/mol. The van der Waals surface area contributed by atoms with E-state index in [1.54, 1.807) is 28.6 Å². The second-order valence-corrected chi connectivity index (χ2v) is 8.00. The first-order valence-electron chi connectivity index (χ1n) is 10.1. The van der Waals surface area contributed by atoms with Gasteiger partial charge in [-0.1, -0.05) is 0 Å². The third kappa shape index (κ3) is 3.96. The number of nitrogens with zero attached hydrogens (tertiary/aromatic N) is 5. The van der Waals surface area contributed by atoms with Crippen molar-refractivity contribution in [2.24, 2.45) is 7.05 Å². The van der Waals surface area contributed by atoms with Crippen LogP contribution in [0.4, 0.5) is 5.69 Å². The Morgan fingerprint density at radius 3 is 2.48 bits per heavy atom. The molecule has 0 amide bonds. The van der Waals surface area contributed by atoms with E-state index in [-0.39, 0.29) is 17.2 Å². The molecule has 0 N–H and O–H groups in total. The van der Waals surface area contributed by atoms with Gasteiger partial charge in [0.15, 0.2) is 0 Å². The number of fused-ring (bicyclic) bond motifs is 1. The maximum absolute atomic E-state index is 12.6. The lowest BCUT2D eigenvalue weighted by Gasteiger charge is -2.36. The van der Waals surface area contributed by atoms with Gasteiger partial charge in [-0.15, -0.1) is 0 Å². The number of hydrogen-bond acceptors (Lipinski definition) is 5. The Morgan fingerprint density at radius 1 is 1.03 bits per heavy atom. The normalized spacial score (nSPS) is 15.4. The molecule has 29 heavy (non-hydrogen) atoms. The highest BCUT2D eigenvalue weighted by molar-refractivity contribution is 5.81.